The van der Waals surface area contributed by atoms with E-state index >= 15 is 0 Å². The number of hydrogen-bond acceptors (Lipinski definition) is 5. The highest BCUT2D eigenvalue weighted by atomic mass is 16.6. The first-order valence-electron chi connectivity index (χ1n) is 11.2. The van der Waals surface area contributed by atoms with Gasteiger partial charge in [-0.3, -0.25) is 19.7 Å². The summed E-state index contributed by atoms with van der Waals surface area (Å²) < 4.78 is 5.82. The van der Waals surface area contributed by atoms with E-state index < -0.39 is 16.7 Å². The summed E-state index contributed by atoms with van der Waals surface area (Å²) in [7, 11) is 0. The quantitative estimate of drug-likeness (QED) is 0.199. The van der Waals surface area contributed by atoms with Crippen molar-refractivity contribution in [1.82, 2.24) is 10.6 Å². The summed E-state index contributed by atoms with van der Waals surface area (Å²) in [6.07, 6.45) is 2.06. The highest BCUT2D eigenvalue weighted by molar-refractivity contribution is 6.05. The first-order valence-corrected chi connectivity index (χ1v) is 11.2. The molecule has 1 aromatic heterocycles. The smallest absolute Gasteiger partial charge is 0.270 e. The standard InChI is InChI=1S/C28H23N3O5/c32-27(21-10-5-2-6-11-21)30-25(28(33)29-17-16-20-8-3-1-4-9-20)19-24-14-15-26(36-24)22-12-7-13-23(18-22)31(34)35/h1-15,18-19H,16-17H2,(H,29,33)(H,30,32)/b25-19-. The van der Waals surface area contributed by atoms with Crippen LogP contribution in [0, 0.1) is 10.1 Å². The summed E-state index contributed by atoms with van der Waals surface area (Å²) in [5.41, 5.74) is 1.94. The zero-order valence-corrected chi connectivity index (χ0v) is 19.2. The van der Waals surface area contributed by atoms with Crippen molar-refractivity contribution in [3.63, 3.8) is 0 Å². The minimum absolute atomic E-state index is 0.0110. The fourth-order valence-corrected chi connectivity index (χ4v) is 3.50. The third-order valence-electron chi connectivity index (χ3n) is 5.33. The average molecular weight is 482 g/mol. The van der Waals surface area contributed by atoms with Crippen LogP contribution in [-0.2, 0) is 11.2 Å². The second-order valence-corrected chi connectivity index (χ2v) is 7.88. The molecule has 4 rings (SSSR count). The lowest BCUT2D eigenvalue weighted by atomic mass is 10.1. The summed E-state index contributed by atoms with van der Waals surface area (Å²) in [6, 6.07) is 27.6. The molecule has 180 valence electrons. The molecule has 0 aliphatic heterocycles. The van der Waals surface area contributed by atoms with E-state index in [1.807, 2.05) is 30.3 Å². The van der Waals surface area contributed by atoms with E-state index in [1.54, 1.807) is 54.6 Å². The van der Waals surface area contributed by atoms with Gasteiger partial charge in [0.15, 0.2) is 0 Å². The molecular weight excluding hydrogens is 458 g/mol. The zero-order valence-electron chi connectivity index (χ0n) is 19.2. The van der Waals surface area contributed by atoms with Crippen LogP contribution < -0.4 is 10.6 Å². The number of rotatable bonds is 9. The predicted molar refractivity (Wildman–Crippen MR) is 136 cm³/mol. The molecule has 0 atom stereocenters. The van der Waals surface area contributed by atoms with Gasteiger partial charge in [-0.15, -0.1) is 0 Å². The summed E-state index contributed by atoms with van der Waals surface area (Å²) >= 11 is 0. The molecule has 0 unspecified atom stereocenters. The van der Waals surface area contributed by atoms with Crippen LogP contribution in [0.4, 0.5) is 5.69 Å². The Labute approximate surface area is 207 Å². The fraction of sp³-hybridized carbons (Fsp3) is 0.0714. The molecule has 0 aliphatic rings. The van der Waals surface area contributed by atoms with Crippen LogP contribution in [0.15, 0.2) is 107 Å². The van der Waals surface area contributed by atoms with Crippen LogP contribution in [0.5, 0.6) is 0 Å². The summed E-state index contributed by atoms with van der Waals surface area (Å²) in [4.78, 5) is 36.3. The SMILES string of the molecule is O=C(NCCc1ccccc1)/C(=C/c1ccc(-c2cccc([N+](=O)[O-])c2)o1)NC(=O)c1ccccc1. The number of non-ortho nitro benzene ring substituents is 1. The Balaban J connectivity index is 1.55. The number of nitrogens with one attached hydrogen (secondary N) is 2. The van der Waals surface area contributed by atoms with E-state index in [0.717, 1.165) is 5.56 Å². The van der Waals surface area contributed by atoms with Crippen molar-refractivity contribution in [3.8, 4) is 11.3 Å². The Morgan fingerprint density at radius 3 is 2.33 bits per heavy atom. The number of nitro benzene ring substituents is 1. The molecule has 8 heteroatoms. The summed E-state index contributed by atoms with van der Waals surface area (Å²) in [5, 5.41) is 16.6. The van der Waals surface area contributed by atoms with Crippen molar-refractivity contribution >= 4 is 23.6 Å². The topological polar surface area (TPSA) is 114 Å². The number of benzene rings is 3. The highest BCUT2D eigenvalue weighted by Crippen LogP contribution is 2.26. The summed E-state index contributed by atoms with van der Waals surface area (Å²) in [6.45, 7) is 0.373. The minimum Gasteiger partial charge on any atom is -0.457 e. The van der Waals surface area contributed by atoms with E-state index in [0.29, 0.717) is 35.6 Å². The van der Waals surface area contributed by atoms with Crippen molar-refractivity contribution in [3.05, 3.63) is 130 Å². The maximum Gasteiger partial charge on any atom is 0.270 e. The van der Waals surface area contributed by atoms with Gasteiger partial charge < -0.3 is 15.1 Å². The third kappa shape index (κ3) is 6.32. The number of carbonyl (C=O) groups is 2. The molecule has 2 amide bonds. The van der Waals surface area contributed by atoms with Crippen molar-refractivity contribution < 1.29 is 18.9 Å². The highest BCUT2D eigenvalue weighted by Gasteiger charge is 2.16. The monoisotopic (exact) mass is 481 g/mol. The molecule has 36 heavy (non-hydrogen) atoms. The molecule has 3 aromatic carbocycles. The molecule has 0 saturated carbocycles. The van der Waals surface area contributed by atoms with Gasteiger partial charge in [-0.25, -0.2) is 0 Å². The van der Waals surface area contributed by atoms with Crippen LogP contribution in [0.25, 0.3) is 17.4 Å². The van der Waals surface area contributed by atoms with Crippen molar-refractivity contribution in [2.24, 2.45) is 0 Å². The molecule has 0 saturated heterocycles. The zero-order chi connectivity index (χ0) is 25.3. The summed E-state index contributed by atoms with van der Waals surface area (Å²) in [5.74, 6) is -0.213. The number of amides is 2. The van der Waals surface area contributed by atoms with Gasteiger partial charge in [-0.2, -0.15) is 0 Å². The number of nitro groups is 1. The van der Waals surface area contributed by atoms with Gasteiger partial charge in [0.2, 0.25) is 0 Å². The lowest BCUT2D eigenvalue weighted by Gasteiger charge is -2.11. The number of furan rings is 1. The lowest BCUT2D eigenvalue weighted by Crippen LogP contribution is -2.35. The Kier molecular flexibility index (Phi) is 7.67. The Morgan fingerprint density at radius 2 is 1.61 bits per heavy atom. The fourth-order valence-electron chi connectivity index (χ4n) is 3.50. The molecule has 0 fully saturated rings. The van der Waals surface area contributed by atoms with Crippen LogP contribution in [0.2, 0.25) is 0 Å². The van der Waals surface area contributed by atoms with Gasteiger partial charge in [0.1, 0.15) is 17.2 Å². The molecule has 0 spiro atoms. The maximum absolute atomic E-state index is 13.0. The minimum atomic E-state index is -0.482. The second kappa shape index (κ2) is 11.4. The van der Waals surface area contributed by atoms with E-state index in [9.17, 15) is 19.7 Å². The van der Waals surface area contributed by atoms with Gasteiger partial charge in [0, 0.05) is 35.9 Å². The van der Waals surface area contributed by atoms with Gasteiger partial charge in [-0.05, 0) is 36.2 Å². The van der Waals surface area contributed by atoms with Crippen LogP contribution in [0.1, 0.15) is 21.7 Å². The lowest BCUT2D eigenvalue weighted by molar-refractivity contribution is -0.384. The molecule has 0 aliphatic carbocycles. The van der Waals surface area contributed by atoms with Crippen LogP contribution >= 0.6 is 0 Å². The van der Waals surface area contributed by atoms with Gasteiger partial charge in [-0.1, -0.05) is 60.7 Å². The van der Waals surface area contributed by atoms with E-state index in [2.05, 4.69) is 10.6 Å². The Bertz CT molecular complexity index is 1390. The van der Waals surface area contributed by atoms with Crippen molar-refractivity contribution in [2.45, 2.75) is 6.42 Å². The predicted octanol–water partition coefficient (Wildman–Crippen LogP) is 4.98. The Hall–Kier alpha value is -4.98. The largest absolute Gasteiger partial charge is 0.457 e. The molecule has 8 nitrogen and oxygen atoms in total. The second-order valence-electron chi connectivity index (χ2n) is 7.88. The van der Waals surface area contributed by atoms with Gasteiger partial charge in [0.05, 0.1) is 4.92 Å². The molecule has 2 N–H and O–H groups in total. The van der Waals surface area contributed by atoms with Gasteiger partial charge in [0.25, 0.3) is 17.5 Å². The molecule has 1 heterocycles. The molecule has 0 bridgehead atoms. The van der Waals surface area contributed by atoms with Gasteiger partial charge >= 0.3 is 0 Å². The van der Waals surface area contributed by atoms with E-state index in [-0.39, 0.29) is 11.4 Å². The van der Waals surface area contributed by atoms with Crippen LogP contribution in [-0.4, -0.2) is 23.3 Å². The number of carbonyl (C=O) groups excluding carboxylic acids is 2. The van der Waals surface area contributed by atoms with Crippen LogP contribution in [0.3, 0.4) is 0 Å². The number of nitrogens with zero attached hydrogens (tertiary/aromatic N) is 1. The van der Waals surface area contributed by atoms with Crippen molar-refractivity contribution in [1.29, 1.82) is 0 Å². The average Bonchev–Trinajstić information content (AvgIpc) is 3.38. The third-order valence-corrected chi connectivity index (χ3v) is 5.33. The maximum atomic E-state index is 13.0. The Morgan fingerprint density at radius 1 is 0.889 bits per heavy atom. The normalized spacial score (nSPS) is 11.1. The number of hydrogen-bond donors (Lipinski definition) is 2. The molecular formula is C28H23N3O5. The first-order chi connectivity index (χ1) is 17.5. The molecule has 0 radical (unpaired) electrons. The molecule has 4 aromatic rings. The van der Waals surface area contributed by atoms with Crippen molar-refractivity contribution in [2.75, 3.05) is 6.54 Å². The van der Waals surface area contributed by atoms with E-state index in [4.69, 9.17) is 4.42 Å². The first kappa shape index (κ1) is 24.2. The van der Waals surface area contributed by atoms with E-state index in [1.165, 1.54) is 18.2 Å².